The van der Waals surface area contributed by atoms with Gasteiger partial charge in [0.15, 0.2) is 0 Å². The highest BCUT2D eigenvalue weighted by molar-refractivity contribution is 5.87. The van der Waals surface area contributed by atoms with Gasteiger partial charge < -0.3 is 9.47 Å². The molecule has 0 radical (unpaired) electrons. The van der Waals surface area contributed by atoms with Gasteiger partial charge in [0, 0.05) is 0 Å². The monoisotopic (exact) mass is 548 g/mol. The Balaban J connectivity index is 1.71. The third-order valence-electron chi connectivity index (χ3n) is 7.30. The summed E-state index contributed by atoms with van der Waals surface area (Å²) >= 11 is 0. The first-order valence-electron chi connectivity index (χ1n) is 14.8. The van der Waals surface area contributed by atoms with Crippen LogP contribution >= 0.6 is 0 Å². The topological polar surface area (TPSA) is 35.5 Å². The van der Waals surface area contributed by atoms with Gasteiger partial charge >= 0.3 is 12.1 Å². The zero-order valence-electron chi connectivity index (χ0n) is 24.1. The van der Waals surface area contributed by atoms with Crippen LogP contribution in [0.3, 0.4) is 0 Å². The Hall–Kier alpha value is -2.50. The lowest BCUT2D eigenvalue weighted by molar-refractivity contribution is -0.161. The van der Waals surface area contributed by atoms with Crippen LogP contribution in [-0.2, 0) is 9.53 Å². The molecule has 0 saturated heterocycles. The molecule has 3 nitrogen and oxygen atoms in total. The van der Waals surface area contributed by atoms with Crippen LogP contribution in [0.4, 0.5) is 13.2 Å². The van der Waals surface area contributed by atoms with Gasteiger partial charge in [-0.3, -0.25) is 4.79 Å². The Morgan fingerprint density at radius 3 is 1.85 bits per heavy atom. The Labute approximate surface area is 233 Å². The van der Waals surface area contributed by atoms with Crippen LogP contribution in [0.1, 0.15) is 122 Å². The third kappa shape index (κ3) is 12.5. The molecule has 0 unspecified atom stereocenters. The molecule has 218 valence electrons. The lowest BCUT2D eigenvalue weighted by Crippen LogP contribution is -2.21. The normalized spacial score (nSPS) is 13.0. The van der Waals surface area contributed by atoms with Crippen molar-refractivity contribution in [3.63, 3.8) is 0 Å². The Morgan fingerprint density at radius 1 is 0.795 bits per heavy atom. The minimum absolute atomic E-state index is 0.242. The minimum atomic E-state index is -4.70. The summed E-state index contributed by atoms with van der Waals surface area (Å²) in [5, 5.41) is 1.79. The number of halogens is 3. The second-order valence-corrected chi connectivity index (χ2v) is 10.6. The molecule has 0 bridgehead atoms. The van der Waals surface area contributed by atoms with Crippen LogP contribution in [0.25, 0.3) is 10.8 Å². The number of carbonyl (C=O) groups excluding carboxylic acids is 1. The van der Waals surface area contributed by atoms with Crippen molar-refractivity contribution < 1.29 is 27.4 Å². The smallest absolute Gasteiger partial charge is 0.449 e. The number of allylic oxidation sites excluding steroid dienone is 2. The average molecular weight is 549 g/mol. The molecule has 6 heteroatoms. The minimum Gasteiger partial charge on any atom is -0.497 e. The van der Waals surface area contributed by atoms with E-state index in [1.165, 1.54) is 64.2 Å². The maximum absolute atomic E-state index is 13.5. The van der Waals surface area contributed by atoms with E-state index >= 15 is 0 Å². The number of alkyl halides is 3. The highest BCUT2D eigenvalue weighted by Gasteiger charge is 2.38. The van der Waals surface area contributed by atoms with Crippen LogP contribution < -0.4 is 4.74 Å². The molecule has 0 aromatic heterocycles. The van der Waals surface area contributed by atoms with Gasteiger partial charge in [-0.1, -0.05) is 115 Å². The van der Waals surface area contributed by atoms with E-state index in [9.17, 15) is 18.0 Å². The second-order valence-electron chi connectivity index (χ2n) is 10.6. The van der Waals surface area contributed by atoms with E-state index in [1.54, 1.807) is 32.2 Å². The fourth-order valence-corrected chi connectivity index (χ4v) is 4.76. The second kappa shape index (κ2) is 18.0. The van der Waals surface area contributed by atoms with E-state index in [0.717, 1.165) is 36.1 Å². The number of esters is 1. The van der Waals surface area contributed by atoms with Gasteiger partial charge in [0.05, 0.1) is 13.0 Å². The van der Waals surface area contributed by atoms with Crippen molar-refractivity contribution in [3.05, 3.63) is 53.8 Å². The van der Waals surface area contributed by atoms with Crippen molar-refractivity contribution in [2.45, 2.75) is 122 Å². The summed E-state index contributed by atoms with van der Waals surface area (Å²) in [7, 11) is 1.58. The molecule has 0 N–H and O–H groups in total. The van der Waals surface area contributed by atoms with Gasteiger partial charge in [0.1, 0.15) is 5.75 Å². The number of ether oxygens (including phenoxy) is 2. The molecular formula is C33H47F3O3. The van der Waals surface area contributed by atoms with Gasteiger partial charge in [-0.05, 0) is 54.3 Å². The molecule has 0 spiro atoms. The summed E-state index contributed by atoms with van der Waals surface area (Å²) in [6, 6.07) is 10.9. The number of hydrogen-bond donors (Lipinski definition) is 0. The lowest BCUT2D eigenvalue weighted by atomic mass is 9.98. The fourth-order valence-electron chi connectivity index (χ4n) is 4.76. The maximum atomic E-state index is 13.5. The number of rotatable bonds is 19. The molecule has 2 aromatic rings. The molecule has 0 amide bonds. The molecule has 0 fully saturated rings. The molecule has 2 rings (SSSR count). The van der Waals surface area contributed by atoms with Crippen molar-refractivity contribution in [2.24, 2.45) is 0 Å². The van der Waals surface area contributed by atoms with E-state index in [-0.39, 0.29) is 6.42 Å². The number of fused-ring (bicyclic) bond motifs is 1. The van der Waals surface area contributed by atoms with Gasteiger partial charge in [0.2, 0.25) is 5.76 Å². The van der Waals surface area contributed by atoms with Crippen molar-refractivity contribution in [1.82, 2.24) is 0 Å². The molecule has 2 aromatic carbocycles. The van der Waals surface area contributed by atoms with Crippen LogP contribution in [-0.4, -0.2) is 19.3 Å². The molecule has 0 aliphatic carbocycles. The molecule has 0 aliphatic rings. The predicted molar refractivity (Wildman–Crippen MR) is 154 cm³/mol. The SMILES string of the molecule is CCCCCCCCCCCCCCCC/C=C(/OC(=O)[C@@H](C)c1ccc2cc(OC)ccc2c1)C(F)(F)F. The number of benzene rings is 2. The van der Waals surface area contributed by atoms with E-state index < -0.39 is 23.8 Å². The van der Waals surface area contributed by atoms with Gasteiger partial charge in [-0.2, -0.15) is 13.2 Å². The van der Waals surface area contributed by atoms with Crippen molar-refractivity contribution in [1.29, 1.82) is 0 Å². The molecule has 39 heavy (non-hydrogen) atoms. The predicted octanol–water partition coefficient (Wildman–Crippen LogP) is 10.8. The van der Waals surface area contributed by atoms with Crippen LogP contribution in [0.2, 0.25) is 0 Å². The summed E-state index contributed by atoms with van der Waals surface area (Å²) in [5.74, 6) is -2.24. The quantitative estimate of drug-likeness (QED) is 0.0995. The van der Waals surface area contributed by atoms with E-state index in [1.807, 2.05) is 18.2 Å². The van der Waals surface area contributed by atoms with Crippen LogP contribution in [0, 0.1) is 0 Å². The number of methoxy groups -OCH3 is 1. The molecule has 0 aliphatic heterocycles. The van der Waals surface area contributed by atoms with Crippen molar-refractivity contribution in [2.75, 3.05) is 7.11 Å². The van der Waals surface area contributed by atoms with E-state index in [0.29, 0.717) is 17.7 Å². The van der Waals surface area contributed by atoms with E-state index in [4.69, 9.17) is 9.47 Å². The number of unbranched alkanes of at least 4 members (excludes halogenated alkanes) is 14. The zero-order chi connectivity index (χ0) is 28.5. The average Bonchev–Trinajstić information content (AvgIpc) is 2.92. The van der Waals surface area contributed by atoms with Crippen molar-refractivity contribution in [3.8, 4) is 5.75 Å². The number of carbonyl (C=O) groups is 1. The molecule has 0 saturated carbocycles. The summed E-state index contributed by atoms with van der Waals surface area (Å²) < 4.78 is 50.7. The Bertz CT molecular complexity index is 1010. The summed E-state index contributed by atoms with van der Waals surface area (Å²) in [6.07, 6.45) is 13.3. The first-order valence-corrected chi connectivity index (χ1v) is 14.8. The molecule has 0 heterocycles. The van der Waals surface area contributed by atoms with Crippen LogP contribution in [0.15, 0.2) is 48.2 Å². The fraction of sp³-hybridized carbons (Fsp3) is 0.606. The Kier molecular flexibility index (Phi) is 15.1. The highest BCUT2D eigenvalue weighted by atomic mass is 19.4. The number of hydrogen-bond acceptors (Lipinski definition) is 3. The Morgan fingerprint density at radius 2 is 1.31 bits per heavy atom. The van der Waals surface area contributed by atoms with Gasteiger partial charge in [0.25, 0.3) is 0 Å². The largest absolute Gasteiger partial charge is 0.497 e. The lowest BCUT2D eigenvalue weighted by Gasteiger charge is -2.16. The maximum Gasteiger partial charge on any atom is 0.449 e. The van der Waals surface area contributed by atoms with E-state index in [2.05, 4.69) is 6.92 Å². The highest BCUT2D eigenvalue weighted by Crippen LogP contribution is 2.31. The van der Waals surface area contributed by atoms with Crippen molar-refractivity contribution >= 4 is 16.7 Å². The summed E-state index contributed by atoms with van der Waals surface area (Å²) in [5.41, 5.74) is 0.603. The third-order valence-corrected chi connectivity index (χ3v) is 7.30. The molecular weight excluding hydrogens is 501 g/mol. The van der Waals surface area contributed by atoms with Gasteiger partial charge in [-0.25, -0.2) is 0 Å². The molecule has 1 atom stereocenters. The zero-order valence-corrected chi connectivity index (χ0v) is 24.1. The first-order chi connectivity index (χ1) is 18.8. The van der Waals surface area contributed by atoms with Crippen LogP contribution in [0.5, 0.6) is 5.75 Å². The van der Waals surface area contributed by atoms with Gasteiger partial charge in [-0.15, -0.1) is 0 Å². The standard InChI is InChI=1S/C33H47F3O3/c1-4-5-6-7-8-9-10-11-12-13-14-15-16-17-18-19-31(33(34,35)36)39-32(37)26(2)27-20-21-29-25-30(38-3)23-22-28(29)24-27/h19-26H,4-18H2,1-3H3/b31-19+/t26-/m0/s1. The summed E-state index contributed by atoms with van der Waals surface area (Å²) in [4.78, 5) is 12.6. The summed E-state index contributed by atoms with van der Waals surface area (Å²) in [6.45, 7) is 3.80. The first kappa shape index (κ1) is 32.7.